The first-order chi connectivity index (χ1) is 10.2. The molecule has 0 atom stereocenters. The van der Waals surface area contributed by atoms with Crippen LogP contribution in [0.5, 0.6) is 0 Å². The zero-order valence-electron chi connectivity index (χ0n) is 13.9. The van der Waals surface area contributed by atoms with Crippen molar-refractivity contribution in [1.29, 1.82) is 0 Å². The molecule has 3 nitrogen and oxygen atoms in total. The number of rotatable bonds is 5. The third-order valence-electron chi connectivity index (χ3n) is 5.41. The van der Waals surface area contributed by atoms with E-state index in [1.165, 1.54) is 38.5 Å². The minimum Gasteiger partial charge on any atom is -0.340 e. The minimum atomic E-state index is 0.363. The fraction of sp³-hybridized carbons (Fsp3) is 0.944. The van der Waals surface area contributed by atoms with Crippen molar-refractivity contribution >= 4 is 5.91 Å². The topological polar surface area (TPSA) is 46.3 Å². The molecule has 0 spiro atoms. The van der Waals surface area contributed by atoms with E-state index in [9.17, 15) is 4.79 Å². The number of amides is 1. The third-order valence-corrected chi connectivity index (χ3v) is 5.41. The maximum Gasteiger partial charge on any atom is 0.223 e. The van der Waals surface area contributed by atoms with E-state index in [2.05, 4.69) is 11.8 Å². The van der Waals surface area contributed by atoms with Crippen molar-refractivity contribution in [1.82, 2.24) is 4.90 Å². The quantitative estimate of drug-likeness (QED) is 0.783. The Morgan fingerprint density at radius 3 is 2.19 bits per heavy atom. The summed E-state index contributed by atoms with van der Waals surface area (Å²) in [5, 5.41) is 0. The monoisotopic (exact) mass is 294 g/mol. The Morgan fingerprint density at radius 2 is 1.62 bits per heavy atom. The lowest BCUT2D eigenvalue weighted by Gasteiger charge is -2.36. The fourth-order valence-electron chi connectivity index (χ4n) is 4.10. The van der Waals surface area contributed by atoms with Crippen LogP contribution in [0.1, 0.15) is 84.0 Å². The van der Waals surface area contributed by atoms with E-state index in [1.807, 2.05) is 0 Å². The molecule has 2 aliphatic rings. The van der Waals surface area contributed by atoms with Gasteiger partial charge in [0.1, 0.15) is 0 Å². The van der Waals surface area contributed by atoms with Crippen LogP contribution >= 0.6 is 0 Å². The maximum atomic E-state index is 12.8. The van der Waals surface area contributed by atoms with Gasteiger partial charge in [0.15, 0.2) is 0 Å². The van der Waals surface area contributed by atoms with Crippen LogP contribution in [0.3, 0.4) is 0 Å². The van der Waals surface area contributed by atoms with Gasteiger partial charge in [-0.2, -0.15) is 0 Å². The van der Waals surface area contributed by atoms with E-state index < -0.39 is 0 Å². The molecule has 0 radical (unpaired) electrons. The summed E-state index contributed by atoms with van der Waals surface area (Å²) in [6, 6.07) is 0.824. The van der Waals surface area contributed by atoms with Gasteiger partial charge < -0.3 is 10.6 Å². The van der Waals surface area contributed by atoms with Crippen LogP contribution < -0.4 is 5.73 Å². The van der Waals surface area contributed by atoms with Crippen molar-refractivity contribution in [2.45, 2.75) is 96.1 Å². The Balaban J connectivity index is 1.88. The first-order valence-electron chi connectivity index (χ1n) is 9.25. The van der Waals surface area contributed by atoms with Crippen LogP contribution in [0.2, 0.25) is 0 Å². The Hall–Kier alpha value is -0.570. The summed E-state index contributed by atoms with van der Waals surface area (Å²) in [6.45, 7) is 3.12. The second-order valence-electron chi connectivity index (χ2n) is 7.22. The van der Waals surface area contributed by atoms with E-state index in [0.717, 1.165) is 45.1 Å². The summed E-state index contributed by atoms with van der Waals surface area (Å²) < 4.78 is 0. The normalized spacial score (nSPS) is 28.1. The molecule has 0 unspecified atom stereocenters. The molecule has 3 heteroatoms. The fourth-order valence-corrected chi connectivity index (χ4v) is 4.10. The molecule has 2 rings (SSSR count). The van der Waals surface area contributed by atoms with Gasteiger partial charge in [-0.05, 0) is 50.9 Å². The van der Waals surface area contributed by atoms with E-state index in [4.69, 9.17) is 5.73 Å². The number of nitrogens with two attached hydrogens (primary N) is 1. The predicted molar refractivity (Wildman–Crippen MR) is 88.0 cm³/mol. The van der Waals surface area contributed by atoms with Gasteiger partial charge in [0, 0.05) is 25.0 Å². The molecule has 2 fully saturated rings. The highest BCUT2D eigenvalue weighted by Crippen LogP contribution is 2.28. The van der Waals surface area contributed by atoms with Gasteiger partial charge in [-0.1, -0.05) is 32.6 Å². The van der Waals surface area contributed by atoms with Crippen molar-refractivity contribution in [3.63, 3.8) is 0 Å². The molecule has 0 saturated heterocycles. The van der Waals surface area contributed by atoms with Crippen molar-refractivity contribution in [3.05, 3.63) is 0 Å². The maximum absolute atomic E-state index is 12.8. The van der Waals surface area contributed by atoms with Gasteiger partial charge in [-0.15, -0.1) is 0 Å². The van der Waals surface area contributed by atoms with Gasteiger partial charge in [0.05, 0.1) is 0 Å². The summed E-state index contributed by atoms with van der Waals surface area (Å²) in [5.41, 5.74) is 6.01. The van der Waals surface area contributed by atoms with E-state index >= 15 is 0 Å². The average Bonchev–Trinajstić information content (AvgIpc) is 2.74. The summed E-state index contributed by atoms with van der Waals surface area (Å²) in [6.07, 6.45) is 14.2. The highest BCUT2D eigenvalue weighted by atomic mass is 16.2. The molecule has 0 aromatic rings. The summed E-state index contributed by atoms with van der Waals surface area (Å²) in [5.74, 6) is 1.06. The molecule has 0 heterocycles. The molecule has 122 valence electrons. The molecule has 0 aliphatic heterocycles. The second-order valence-corrected chi connectivity index (χ2v) is 7.22. The highest BCUT2D eigenvalue weighted by Gasteiger charge is 2.28. The van der Waals surface area contributed by atoms with Crippen LogP contribution in [0.15, 0.2) is 0 Å². The molecule has 0 aromatic heterocycles. The van der Waals surface area contributed by atoms with Crippen molar-refractivity contribution in [3.8, 4) is 0 Å². The summed E-state index contributed by atoms with van der Waals surface area (Å²) >= 11 is 0. The Morgan fingerprint density at radius 1 is 1.00 bits per heavy atom. The van der Waals surface area contributed by atoms with Crippen LogP contribution in [-0.4, -0.2) is 29.4 Å². The van der Waals surface area contributed by atoms with Crippen LogP contribution in [0, 0.1) is 5.92 Å². The number of hydrogen-bond donors (Lipinski definition) is 1. The number of carbonyl (C=O) groups is 1. The average molecular weight is 294 g/mol. The van der Waals surface area contributed by atoms with Crippen LogP contribution in [-0.2, 0) is 4.79 Å². The zero-order valence-corrected chi connectivity index (χ0v) is 13.9. The lowest BCUT2D eigenvalue weighted by molar-refractivity contribution is -0.135. The second kappa shape index (κ2) is 8.77. The highest BCUT2D eigenvalue weighted by molar-refractivity contribution is 5.76. The number of carbonyl (C=O) groups excluding carboxylic acids is 1. The zero-order chi connectivity index (χ0) is 15.1. The number of hydrogen-bond acceptors (Lipinski definition) is 2. The van der Waals surface area contributed by atoms with Crippen molar-refractivity contribution in [2.24, 2.45) is 11.7 Å². The Bertz CT molecular complexity index is 302. The molecule has 2 saturated carbocycles. The van der Waals surface area contributed by atoms with Crippen molar-refractivity contribution in [2.75, 3.05) is 6.54 Å². The van der Waals surface area contributed by atoms with E-state index in [1.54, 1.807) is 0 Å². The molecule has 0 aromatic carbocycles. The van der Waals surface area contributed by atoms with E-state index in [-0.39, 0.29) is 0 Å². The standard InChI is InChI=1S/C18H34N2O/c1-2-13-20(17-11-9-16(19)10-12-17)18(21)14-15-7-5-3-4-6-8-15/h15-17H,2-14,19H2,1H3. The van der Waals surface area contributed by atoms with Crippen LogP contribution in [0.25, 0.3) is 0 Å². The molecule has 2 aliphatic carbocycles. The molecule has 1 amide bonds. The minimum absolute atomic E-state index is 0.363. The smallest absolute Gasteiger partial charge is 0.223 e. The SMILES string of the molecule is CCCN(C(=O)CC1CCCCCC1)C1CCC(N)CC1. The first-order valence-corrected chi connectivity index (χ1v) is 9.25. The largest absolute Gasteiger partial charge is 0.340 e. The molecule has 0 bridgehead atoms. The lowest BCUT2D eigenvalue weighted by atomic mass is 9.89. The third kappa shape index (κ3) is 5.28. The molecule has 21 heavy (non-hydrogen) atoms. The van der Waals surface area contributed by atoms with Crippen LogP contribution in [0.4, 0.5) is 0 Å². The molecular weight excluding hydrogens is 260 g/mol. The van der Waals surface area contributed by atoms with Gasteiger partial charge in [-0.3, -0.25) is 4.79 Å². The number of nitrogens with zero attached hydrogens (tertiary/aromatic N) is 1. The molecular formula is C18H34N2O. The van der Waals surface area contributed by atoms with Gasteiger partial charge in [-0.25, -0.2) is 0 Å². The van der Waals surface area contributed by atoms with Gasteiger partial charge in [0.25, 0.3) is 0 Å². The van der Waals surface area contributed by atoms with Gasteiger partial charge in [0.2, 0.25) is 5.91 Å². The predicted octanol–water partition coefficient (Wildman–Crippen LogP) is 3.86. The molecule has 2 N–H and O–H groups in total. The Labute approximate surface area is 130 Å². The summed E-state index contributed by atoms with van der Waals surface area (Å²) in [7, 11) is 0. The van der Waals surface area contributed by atoms with E-state index in [0.29, 0.717) is 23.9 Å². The van der Waals surface area contributed by atoms with Crippen molar-refractivity contribution < 1.29 is 4.79 Å². The first kappa shape index (κ1) is 16.8. The van der Waals surface area contributed by atoms with Gasteiger partial charge >= 0.3 is 0 Å². The lowest BCUT2D eigenvalue weighted by Crippen LogP contribution is -2.45. The Kier molecular flexibility index (Phi) is 7.01. The summed E-state index contributed by atoms with van der Waals surface area (Å²) in [4.78, 5) is 15.0.